The molecule has 23 heavy (non-hydrogen) atoms. The second kappa shape index (κ2) is 4.66. The van der Waals surface area contributed by atoms with Gasteiger partial charge < -0.3 is 10.2 Å². The maximum absolute atomic E-state index is 16.3. The second-order valence-electron chi connectivity index (χ2n) is 8.63. The number of halogens is 2. The molecule has 0 bridgehead atoms. The minimum absolute atomic E-state index is 0.0272. The lowest BCUT2D eigenvalue weighted by molar-refractivity contribution is -0.137. The number of aliphatic hydroxyl groups is 2. The van der Waals surface area contributed by atoms with Gasteiger partial charge in [-0.25, -0.2) is 8.78 Å². The number of hydrogen-bond donors (Lipinski definition) is 2. The summed E-state index contributed by atoms with van der Waals surface area (Å²) in [6.45, 7) is 3.86. The summed E-state index contributed by atoms with van der Waals surface area (Å²) in [4.78, 5) is 0. The molecule has 0 amide bonds. The smallest absolute Gasteiger partial charge is 0.127 e. The van der Waals surface area contributed by atoms with Crippen LogP contribution in [-0.2, 0) is 0 Å². The van der Waals surface area contributed by atoms with E-state index in [9.17, 15) is 14.6 Å². The van der Waals surface area contributed by atoms with E-state index in [1.54, 1.807) is 6.08 Å². The molecule has 0 radical (unpaired) electrons. The summed E-state index contributed by atoms with van der Waals surface area (Å²) in [6.07, 6.45) is 6.38. The Balaban J connectivity index is 1.78. The lowest BCUT2D eigenvalue weighted by Crippen LogP contribution is -2.61. The third kappa shape index (κ3) is 1.80. The average molecular weight is 324 g/mol. The van der Waals surface area contributed by atoms with Crippen LogP contribution in [0.2, 0.25) is 0 Å². The van der Waals surface area contributed by atoms with Gasteiger partial charge in [0.25, 0.3) is 0 Å². The van der Waals surface area contributed by atoms with Crippen LogP contribution < -0.4 is 0 Å². The van der Waals surface area contributed by atoms with Crippen molar-refractivity contribution in [1.82, 2.24) is 0 Å². The van der Waals surface area contributed by atoms with Crippen LogP contribution in [0.5, 0.6) is 0 Å². The van der Waals surface area contributed by atoms with Crippen LogP contribution in [0, 0.1) is 28.6 Å². The molecular formula is C19H26F2O2. The Morgan fingerprint density at radius 1 is 1.04 bits per heavy atom. The van der Waals surface area contributed by atoms with Crippen LogP contribution in [0.4, 0.5) is 8.78 Å². The molecule has 0 spiro atoms. The monoisotopic (exact) mass is 324 g/mol. The van der Waals surface area contributed by atoms with E-state index >= 15 is 4.39 Å². The molecule has 9 atom stereocenters. The summed E-state index contributed by atoms with van der Waals surface area (Å²) in [6, 6.07) is 0. The summed E-state index contributed by atoms with van der Waals surface area (Å²) >= 11 is 0. The highest BCUT2D eigenvalue weighted by Crippen LogP contribution is 2.66. The van der Waals surface area contributed by atoms with Crippen LogP contribution in [0.3, 0.4) is 0 Å². The first-order valence-electron chi connectivity index (χ1n) is 8.79. The summed E-state index contributed by atoms with van der Waals surface area (Å²) in [7, 11) is 0. The van der Waals surface area contributed by atoms with Crippen molar-refractivity contribution in [3.8, 4) is 0 Å². The zero-order valence-corrected chi connectivity index (χ0v) is 13.8. The first-order chi connectivity index (χ1) is 10.7. The van der Waals surface area contributed by atoms with E-state index < -0.39 is 34.9 Å². The zero-order valence-electron chi connectivity index (χ0n) is 13.8. The van der Waals surface area contributed by atoms with Crippen LogP contribution in [0.15, 0.2) is 24.3 Å². The summed E-state index contributed by atoms with van der Waals surface area (Å²) in [5.41, 5.74) is -2.63. The first kappa shape index (κ1) is 15.8. The predicted molar refractivity (Wildman–Crippen MR) is 84.2 cm³/mol. The molecule has 128 valence electrons. The van der Waals surface area contributed by atoms with Gasteiger partial charge in [-0.15, -0.1) is 0 Å². The fourth-order valence-corrected chi connectivity index (χ4v) is 6.01. The molecule has 0 aliphatic heterocycles. The number of allylic oxidation sites excluding steroid dienone is 3. The number of rotatable bonds is 0. The van der Waals surface area contributed by atoms with Gasteiger partial charge in [-0.1, -0.05) is 38.2 Å². The summed E-state index contributed by atoms with van der Waals surface area (Å²) < 4.78 is 30.5. The molecule has 2 N–H and O–H groups in total. The molecule has 0 aromatic heterocycles. The third-order valence-corrected chi connectivity index (χ3v) is 7.71. The first-order valence-corrected chi connectivity index (χ1v) is 8.79. The molecule has 2 saturated carbocycles. The second-order valence-corrected chi connectivity index (χ2v) is 8.63. The normalized spacial score (nSPS) is 61.0. The van der Waals surface area contributed by atoms with Crippen LogP contribution in [0.25, 0.3) is 0 Å². The van der Waals surface area contributed by atoms with Gasteiger partial charge in [-0.05, 0) is 37.5 Å². The van der Waals surface area contributed by atoms with Gasteiger partial charge in [0, 0.05) is 16.7 Å². The molecule has 0 heterocycles. The minimum atomic E-state index is -1.43. The zero-order chi connectivity index (χ0) is 16.6. The molecule has 4 aliphatic carbocycles. The van der Waals surface area contributed by atoms with E-state index in [-0.39, 0.29) is 24.2 Å². The molecule has 0 aromatic rings. The predicted octanol–water partition coefficient (Wildman–Crippen LogP) is 3.34. The molecule has 1 unspecified atom stereocenters. The highest BCUT2D eigenvalue weighted by molar-refractivity contribution is 5.30. The molecule has 2 nitrogen and oxygen atoms in total. The molecule has 4 rings (SSSR count). The summed E-state index contributed by atoms with van der Waals surface area (Å²) in [5, 5.41) is 20.2. The Bertz CT molecular complexity index is 576. The van der Waals surface area contributed by atoms with Gasteiger partial charge in [-0.2, -0.15) is 0 Å². The van der Waals surface area contributed by atoms with E-state index in [2.05, 4.69) is 0 Å². The third-order valence-electron chi connectivity index (χ3n) is 7.71. The Labute approximate surface area is 136 Å². The maximum Gasteiger partial charge on any atom is 0.127 e. The summed E-state index contributed by atoms with van der Waals surface area (Å²) in [5.74, 6) is -0.557. The van der Waals surface area contributed by atoms with Crippen molar-refractivity contribution in [1.29, 1.82) is 0 Å². The van der Waals surface area contributed by atoms with Gasteiger partial charge in [-0.3, -0.25) is 0 Å². The molecule has 0 aromatic carbocycles. The Kier molecular flexibility index (Phi) is 3.20. The van der Waals surface area contributed by atoms with E-state index in [1.165, 1.54) is 0 Å². The van der Waals surface area contributed by atoms with Gasteiger partial charge in [0.2, 0.25) is 0 Å². The van der Waals surface area contributed by atoms with E-state index in [4.69, 9.17) is 0 Å². The number of alkyl halides is 2. The van der Waals surface area contributed by atoms with Crippen molar-refractivity contribution >= 4 is 0 Å². The molecule has 0 saturated heterocycles. The van der Waals surface area contributed by atoms with Gasteiger partial charge >= 0.3 is 0 Å². The van der Waals surface area contributed by atoms with Crippen LogP contribution in [-0.4, -0.2) is 34.3 Å². The average Bonchev–Trinajstić information content (AvgIpc) is 2.73. The van der Waals surface area contributed by atoms with Crippen molar-refractivity contribution in [3.63, 3.8) is 0 Å². The van der Waals surface area contributed by atoms with Gasteiger partial charge in [0.05, 0.1) is 12.2 Å². The molecule has 4 heteroatoms. The van der Waals surface area contributed by atoms with E-state index in [1.807, 2.05) is 32.1 Å². The van der Waals surface area contributed by atoms with Crippen molar-refractivity contribution in [2.75, 3.05) is 0 Å². The quantitative estimate of drug-likeness (QED) is 0.671. The highest BCUT2D eigenvalue weighted by Gasteiger charge is 2.67. The largest absolute Gasteiger partial charge is 0.390 e. The minimum Gasteiger partial charge on any atom is -0.390 e. The Hall–Kier alpha value is -0.740. The van der Waals surface area contributed by atoms with Crippen LogP contribution in [0.1, 0.15) is 39.5 Å². The van der Waals surface area contributed by atoms with Crippen molar-refractivity contribution in [2.45, 2.75) is 63.6 Å². The van der Waals surface area contributed by atoms with Gasteiger partial charge in [0.1, 0.15) is 11.8 Å². The number of hydrogen-bond acceptors (Lipinski definition) is 2. The van der Waals surface area contributed by atoms with Gasteiger partial charge in [0.15, 0.2) is 0 Å². The van der Waals surface area contributed by atoms with Crippen molar-refractivity contribution in [2.24, 2.45) is 28.6 Å². The molecular weight excluding hydrogens is 298 g/mol. The Morgan fingerprint density at radius 3 is 2.52 bits per heavy atom. The fraction of sp³-hybridized carbons (Fsp3) is 0.789. The van der Waals surface area contributed by atoms with E-state index in [0.717, 1.165) is 0 Å². The topological polar surface area (TPSA) is 40.5 Å². The van der Waals surface area contributed by atoms with Crippen molar-refractivity contribution in [3.05, 3.63) is 24.3 Å². The maximum atomic E-state index is 16.3. The Morgan fingerprint density at radius 2 is 1.78 bits per heavy atom. The number of fused-ring (bicyclic) bond motifs is 5. The fourth-order valence-electron chi connectivity index (χ4n) is 6.01. The van der Waals surface area contributed by atoms with Crippen molar-refractivity contribution < 1.29 is 19.0 Å². The SMILES string of the molecule is C[C@]12CC[C@@]3(F)[C@@H](C=CC4C[C@H](O)C=C[C@@]43C)[C@@H]1C[C@@H](F)[C@@H]2O. The standard InChI is InChI=1S/C19H26F2O2/c1-17-7-8-19(21)13(14(17)10-15(20)16(17)23)4-3-11-9-12(22)5-6-18(11,19)2/h3-6,11-16,22-23H,7-10H2,1-2H3/t11?,12-,13+,14+,15-,16+,17+,18+,19-/m1/s1. The lowest BCUT2D eigenvalue weighted by atomic mass is 9.47. The molecule has 4 aliphatic rings. The van der Waals surface area contributed by atoms with Crippen LogP contribution >= 0.6 is 0 Å². The van der Waals surface area contributed by atoms with E-state index in [0.29, 0.717) is 19.3 Å². The highest BCUT2D eigenvalue weighted by atomic mass is 19.1. The lowest BCUT2D eigenvalue weighted by Gasteiger charge is -2.59. The molecule has 2 fully saturated rings. The number of aliphatic hydroxyl groups excluding tert-OH is 2.